The first-order chi connectivity index (χ1) is 6.64. The van der Waals surface area contributed by atoms with Crippen molar-refractivity contribution in [2.24, 2.45) is 0 Å². The number of rotatable bonds is 1. The minimum absolute atomic E-state index is 0.141. The highest BCUT2D eigenvalue weighted by Gasteiger charge is 2.51. The molecule has 84 valence electrons. The minimum atomic E-state index is -4.85. The van der Waals surface area contributed by atoms with Gasteiger partial charge in [-0.2, -0.15) is 13.2 Å². The zero-order chi connectivity index (χ0) is 11.9. The number of hydrogen-bond donors (Lipinski definition) is 1. The van der Waals surface area contributed by atoms with Crippen LogP contribution >= 0.6 is 15.9 Å². The molecule has 1 atom stereocenters. The molecule has 0 amide bonds. The van der Waals surface area contributed by atoms with E-state index in [0.717, 1.165) is 12.1 Å². The average Bonchev–Trinajstić information content (AvgIpc) is 1.99. The lowest BCUT2D eigenvalue weighted by atomic mass is 9.95. The van der Waals surface area contributed by atoms with Crippen LogP contribution in [0.3, 0.4) is 0 Å². The molecule has 0 bridgehead atoms. The first-order valence-corrected chi connectivity index (χ1v) is 4.69. The highest BCUT2D eigenvalue weighted by atomic mass is 79.9. The Hall–Kier alpha value is -0.620. The average molecular weight is 287 g/mol. The number of aliphatic hydroxyl groups is 1. The molecule has 0 saturated carbocycles. The molecule has 0 saturated heterocycles. The molecule has 0 aliphatic rings. The summed E-state index contributed by atoms with van der Waals surface area (Å²) in [4.78, 5) is 0. The molecule has 0 radical (unpaired) electrons. The highest BCUT2D eigenvalue weighted by Crippen LogP contribution is 2.39. The molecule has 0 aliphatic heterocycles. The second-order valence-electron chi connectivity index (χ2n) is 3.23. The van der Waals surface area contributed by atoms with Crippen molar-refractivity contribution in [2.45, 2.75) is 18.7 Å². The maximum Gasteiger partial charge on any atom is 0.421 e. The van der Waals surface area contributed by atoms with E-state index in [0.29, 0.717) is 13.0 Å². The van der Waals surface area contributed by atoms with Crippen LogP contribution in [0.15, 0.2) is 22.7 Å². The molecule has 1 unspecified atom stereocenters. The summed E-state index contributed by atoms with van der Waals surface area (Å²) in [5.41, 5.74) is -3.60. The van der Waals surface area contributed by atoms with Crippen LogP contribution in [0.2, 0.25) is 0 Å². The summed E-state index contributed by atoms with van der Waals surface area (Å²) in [5, 5.41) is 9.26. The maximum absolute atomic E-state index is 12.8. The van der Waals surface area contributed by atoms with Gasteiger partial charge in [-0.3, -0.25) is 0 Å². The van der Waals surface area contributed by atoms with Crippen LogP contribution in [0.4, 0.5) is 17.6 Å². The molecule has 6 heteroatoms. The summed E-state index contributed by atoms with van der Waals surface area (Å²) >= 11 is 2.85. The van der Waals surface area contributed by atoms with E-state index in [2.05, 4.69) is 15.9 Å². The van der Waals surface area contributed by atoms with Crippen LogP contribution in [0.5, 0.6) is 0 Å². The Morgan fingerprint density at radius 1 is 1.20 bits per heavy atom. The lowest BCUT2D eigenvalue weighted by Gasteiger charge is -2.26. The van der Waals surface area contributed by atoms with Gasteiger partial charge in [-0.25, -0.2) is 4.39 Å². The van der Waals surface area contributed by atoms with Gasteiger partial charge < -0.3 is 5.11 Å². The summed E-state index contributed by atoms with van der Waals surface area (Å²) in [6.45, 7) is 0.578. The molecule has 1 nitrogen and oxygen atoms in total. The van der Waals surface area contributed by atoms with Crippen molar-refractivity contribution >= 4 is 15.9 Å². The van der Waals surface area contributed by atoms with E-state index in [1.54, 1.807) is 0 Å². The van der Waals surface area contributed by atoms with Gasteiger partial charge in [-0.15, -0.1) is 0 Å². The molecule has 0 aliphatic carbocycles. The topological polar surface area (TPSA) is 20.2 Å². The monoisotopic (exact) mass is 286 g/mol. The number of alkyl halides is 3. The zero-order valence-electron chi connectivity index (χ0n) is 7.57. The van der Waals surface area contributed by atoms with Crippen LogP contribution in [0.1, 0.15) is 12.5 Å². The zero-order valence-corrected chi connectivity index (χ0v) is 9.16. The van der Waals surface area contributed by atoms with Crippen molar-refractivity contribution < 1.29 is 22.7 Å². The van der Waals surface area contributed by atoms with Crippen molar-refractivity contribution in [3.63, 3.8) is 0 Å². The Morgan fingerprint density at radius 3 is 2.13 bits per heavy atom. The second-order valence-corrected chi connectivity index (χ2v) is 4.14. The lowest BCUT2D eigenvalue weighted by Crippen LogP contribution is -2.39. The predicted molar refractivity (Wildman–Crippen MR) is 49.7 cm³/mol. The number of benzene rings is 1. The predicted octanol–water partition coefficient (Wildman–Crippen LogP) is 3.36. The Kier molecular flexibility index (Phi) is 3.11. The van der Waals surface area contributed by atoms with Crippen molar-refractivity contribution in [3.8, 4) is 0 Å². The first-order valence-electron chi connectivity index (χ1n) is 3.90. The minimum Gasteiger partial charge on any atom is -0.376 e. The summed E-state index contributed by atoms with van der Waals surface area (Å²) in [6, 6.07) is 2.69. The second kappa shape index (κ2) is 3.75. The normalized spacial score (nSPS) is 16.2. The molecular formula is C9H7BrF4O. The van der Waals surface area contributed by atoms with E-state index >= 15 is 0 Å². The fourth-order valence-electron chi connectivity index (χ4n) is 0.999. The van der Waals surface area contributed by atoms with Gasteiger partial charge >= 0.3 is 6.18 Å². The fourth-order valence-corrected chi connectivity index (χ4v) is 1.46. The molecule has 0 aromatic heterocycles. The SMILES string of the molecule is CC(O)(c1cc(F)cc(Br)c1)C(F)(F)F. The van der Waals surface area contributed by atoms with Gasteiger partial charge in [0.25, 0.3) is 0 Å². The quantitative estimate of drug-likeness (QED) is 0.785. The third-order valence-electron chi connectivity index (χ3n) is 1.98. The maximum atomic E-state index is 12.8. The number of halogens is 5. The summed E-state index contributed by atoms with van der Waals surface area (Å²) in [5.74, 6) is -0.844. The van der Waals surface area contributed by atoms with E-state index in [9.17, 15) is 22.7 Å². The smallest absolute Gasteiger partial charge is 0.376 e. The van der Waals surface area contributed by atoms with Gasteiger partial charge in [-0.05, 0) is 30.7 Å². The Bertz CT molecular complexity index is 353. The van der Waals surface area contributed by atoms with Crippen molar-refractivity contribution in [1.82, 2.24) is 0 Å². The standard InChI is InChI=1S/C9H7BrF4O/c1-8(15,9(12,13)14)5-2-6(10)4-7(11)3-5/h2-4,15H,1H3. The highest BCUT2D eigenvalue weighted by molar-refractivity contribution is 9.10. The molecule has 0 heterocycles. The third-order valence-corrected chi connectivity index (χ3v) is 2.43. The van der Waals surface area contributed by atoms with Crippen molar-refractivity contribution in [2.75, 3.05) is 0 Å². The van der Waals surface area contributed by atoms with Crippen LogP contribution in [-0.2, 0) is 5.60 Å². The van der Waals surface area contributed by atoms with E-state index < -0.39 is 23.2 Å². The molecule has 1 aromatic carbocycles. The van der Waals surface area contributed by atoms with E-state index in [4.69, 9.17) is 0 Å². The molecule has 0 fully saturated rings. The van der Waals surface area contributed by atoms with Crippen LogP contribution < -0.4 is 0 Å². The van der Waals surface area contributed by atoms with Crippen LogP contribution in [0, 0.1) is 5.82 Å². The lowest BCUT2D eigenvalue weighted by molar-refractivity contribution is -0.258. The van der Waals surface area contributed by atoms with Crippen LogP contribution in [-0.4, -0.2) is 11.3 Å². The van der Waals surface area contributed by atoms with Gasteiger partial charge in [0.05, 0.1) is 0 Å². The van der Waals surface area contributed by atoms with Gasteiger partial charge in [0.1, 0.15) is 5.82 Å². The summed E-state index contributed by atoms with van der Waals surface area (Å²) < 4.78 is 50.2. The fraction of sp³-hybridized carbons (Fsp3) is 0.333. The van der Waals surface area contributed by atoms with E-state index in [-0.39, 0.29) is 4.47 Å². The molecule has 1 aromatic rings. The molecule has 0 spiro atoms. The molecule has 1 rings (SSSR count). The largest absolute Gasteiger partial charge is 0.421 e. The summed E-state index contributed by atoms with van der Waals surface area (Å²) in [7, 11) is 0. The van der Waals surface area contributed by atoms with Crippen molar-refractivity contribution in [1.29, 1.82) is 0 Å². The molecule has 15 heavy (non-hydrogen) atoms. The molecule has 1 N–H and O–H groups in total. The first kappa shape index (κ1) is 12.4. The van der Waals surface area contributed by atoms with E-state index in [1.165, 1.54) is 0 Å². The Labute approximate surface area is 91.9 Å². The third kappa shape index (κ3) is 2.49. The van der Waals surface area contributed by atoms with Gasteiger partial charge in [-0.1, -0.05) is 15.9 Å². The van der Waals surface area contributed by atoms with Gasteiger partial charge in [0.15, 0.2) is 5.60 Å². The summed E-state index contributed by atoms with van der Waals surface area (Å²) in [6.07, 6.45) is -4.85. The van der Waals surface area contributed by atoms with E-state index in [1.807, 2.05) is 0 Å². The molecular weight excluding hydrogens is 280 g/mol. The van der Waals surface area contributed by atoms with Crippen molar-refractivity contribution in [3.05, 3.63) is 34.1 Å². The Balaban J connectivity index is 3.27. The van der Waals surface area contributed by atoms with Gasteiger partial charge in [0, 0.05) is 4.47 Å². The van der Waals surface area contributed by atoms with Crippen LogP contribution in [0.25, 0.3) is 0 Å². The number of hydrogen-bond acceptors (Lipinski definition) is 1. The van der Waals surface area contributed by atoms with Gasteiger partial charge in [0.2, 0.25) is 0 Å². The Morgan fingerprint density at radius 2 is 1.73 bits per heavy atom.